The van der Waals surface area contributed by atoms with E-state index in [0.29, 0.717) is 19.3 Å². The molecule has 0 rings (SSSR count). The van der Waals surface area contributed by atoms with Crippen LogP contribution in [0.1, 0.15) is 278 Å². The van der Waals surface area contributed by atoms with Crippen LogP contribution in [0.15, 0.2) is 0 Å². The predicted molar refractivity (Wildman–Crippen MR) is 238 cm³/mol. The molecule has 0 aliphatic carbocycles. The normalized spacial score (nSPS) is 11.9. The number of ether oxygens (including phenoxy) is 3. The smallest absolute Gasteiger partial charge is 0.306 e. The van der Waals surface area contributed by atoms with Gasteiger partial charge < -0.3 is 14.2 Å². The number of unbranched alkanes of at least 4 members (excludes halogenated alkanes) is 32. The molecule has 0 heterocycles. The topological polar surface area (TPSA) is 78.9 Å². The van der Waals surface area contributed by atoms with Gasteiger partial charge in [-0.3, -0.25) is 14.4 Å². The molecule has 0 aromatic rings. The van der Waals surface area contributed by atoms with E-state index >= 15 is 0 Å². The van der Waals surface area contributed by atoms with Gasteiger partial charge in [-0.1, -0.05) is 240 Å². The van der Waals surface area contributed by atoms with Gasteiger partial charge in [0.05, 0.1) is 0 Å². The Morgan fingerprint density at radius 3 is 0.875 bits per heavy atom. The molecule has 0 N–H and O–H groups in total. The lowest BCUT2D eigenvalue weighted by Gasteiger charge is -2.18. The van der Waals surface area contributed by atoms with Crippen LogP contribution >= 0.6 is 0 Å². The van der Waals surface area contributed by atoms with Crippen molar-refractivity contribution in [1.82, 2.24) is 0 Å². The van der Waals surface area contributed by atoms with Gasteiger partial charge in [-0.2, -0.15) is 0 Å². The molecule has 6 heteroatoms. The molecular weight excluding hydrogens is 697 g/mol. The van der Waals surface area contributed by atoms with Crippen molar-refractivity contribution < 1.29 is 28.6 Å². The molecule has 0 fully saturated rings. The first-order valence-corrected chi connectivity index (χ1v) is 24.9. The second-order valence-electron chi connectivity index (χ2n) is 17.6. The first-order valence-electron chi connectivity index (χ1n) is 24.9. The van der Waals surface area contributed by atoms with E-state index in [1.54, 1.807) is 0 Å². The minimum atomic E-state index is -0.759. The molecule has 0 aromatic heterocycles. The predicted octanol–water partition coefficient (Wildman–Crippen LogP) is 15.9. The highest BCUT2D eigenvalue weighted by Gasteiger charge is 2.19. The van der Waals surface area contributed by atoms with E-state index in [1.807, 2.05) is 0 Å². The highest BCUT2D eigenvalue weighted by molar-refractivity contribution is 5.71. The average molecular weight is 793 g/mol. The molecular formula is C50H96O6. The number of hydrogen-bond donors (Lipinski definition) is 0. The van der Waals surface area contributed by atoms with Gasteiger partial charge in [0.2, 0.25) is 0 Å². The molecule has 56 heavy (non-hydrogen) atoms. The Labute approximate surface area is 348 Å². The zero-order valence-corrected chi connectivity index (χ0v) is 38.1. The van der Waals surface area contributed by atoms with Crippen molar-refractivity contribution in [2.45, 2.75) is 284 Å². The van der Waals surface area contributed by atoms with E-state index in [9.17, 15) is 14.4 Å². The minimum absolute atomic E-state index is 0.0630. The zero-order valence-electron chi connectivity index (χ0n) is 38.1. The molecule has 0 aromatic carbocycles. The van der Waals surface area contributed by atoms with Crippen LogP contribution in [0.3, 0.4) is 0 Å². The van der Waals surface area contributed by atoms with Gasteiger partial charge in [0, 0.05) is 19.3 Å². The highest BCUT2D eigenvalue weighted by Crippen LogP contribution is 2.17. The molecule has 0 aliphatic heterocycles. The van der Waals surface area contributed by atoms with Gasteiger partial charge in [-0.25, -0.2) is 0 Å². The summed E-state index contributed by atoms with van der Waals surface area (Å²) in [7, 11) is 0. The summed E-state index contributed by atoms with van der Waals surface area (Å²) in [5.41, 5.74) is 0. The zero-order chi connectivity index (χ0) is 41.0. The van der Waals surface area contributed by atoms with Gasteiger partial charge in [0.1, 0.15) is 13.2 Å². The Kier molecular flexibility index (Phi) is 43.2. The van der Waals surface area contributed by atoms with Crippen molar-refractivity contribution >= 4 is 17.9 Å². The van der Waals surface area contributed by atoms with E-state index in [0.717, 1.165) is 63.7 Å². The number of carbonyl (C=O) groups is 3. The third-order valence-electron chi connectivity index (χ3n) is 11.3. The van der Waals surface area contributed by atoms with Crippen molar-refractivity contribution in [3.63, 3.8) is 0 Å². The maximum Gasteiger partial charge on any atom is 0.306 e. The molecule has 0 radical (unpaired) electrons. The van der Waals surface area contributed by atoms with Crippen LogP contribution in [0.5, 0.6) is 0 Å². The van der Waals surface area contributed by atoms with Crippen LogP contribution in [0, 0.1) is 5.92 Å². The number of carbonyl (C=O) groups excluding carboxylic acids is 3. The summed E-state index contributed by atoms with van der Waals surface area (Å²) in [4.78, 5) is 37.8. The SMILES string of the molecule is CCCCCCCCCCCCCCCC(=O)OC[C@@H](COC(=O)CCCCCCCCCCCC)OC(=O)CCCCCCCCCCCCCCC(C)C. The number of esters is 3. The largest absolute Gasteiger partial charge is 0.462 e. The molecule has 332 valence electrons. The van der Waals surface area contributed by atoms with E-state index in [2.05, 4.69) is 27.7 Å². The first-order chi connectivity index (χ1) is 27.4. The van der Waals surface area contributed by atoms with Gasteiger partial charge in [0.25, 0.3) is 0 Å². The van der Waals surface area contributed by atoms with Crippen LogP contribution in [0.2, 0.25) is 0 Å². The quantitative estimate of drug-likeness (QED) is 0.0347. The van der Waals surface area contributed by atoms with Crippen LogP contribution in [-0.2, 0) is 28.6 Å². The Hall–Kier alpha value is -1.59. The maximum absolute atomic E-state index is 12.8. The molecule has 0 saturated carbocycles. The summed E-state index contributed by atoms with van der Waals surface area (Å²) in [6.45, 7) is 9.01. The fourth-order valence-electron chi connectivity index (χ4n) is 7.51. The van der Waals surface area contributed by atoms with Crippen LogP contribution in [0.4, 0.5) is 0 Å². The monoisotopic (exact) mass is 793 g/mol. The van der Waals surface area contributed by atoms with Crippen molar-refractivity contribution in [2.75, 3.05) is 13.2 Å². The first kappa shape index (κ1) is 54.4. The van der Waals surface area contributed by atoms with Crippen molar-refractivity contribution in [3.8, 4) is 0 Å². The standard InChI is InChI=1S/C50H96O6/c1-5-7-9-11-13-15-17-18-22-26-30-34-38-42-49(52)55-45-47(44-54-48(51)41-37-33-29-25-16-14-12-10-8-6-2)56-50(53)43-39-35-31-27-23-20-19-21-24-28-32-36-40-46(3)4/h46-47H,5-45H2,1-4H3/t47-/m1/s1. The third kappa shape index (κ3) is 43.5. The van der Waals surface area contributed by atoms with Crippen LogP contribution < -0.4 is 0 Å². The van der Waals surface area contributed by atoms with Gasteiger partial charge in [-0.15, -0.1) is 0 Å². The van der Waals surface area contributed by atoms with E-state index < -0.39 is 6.10 Å². The second-order valence-corrected chi connectivity index (χ2v) is 17.6. The Balaban J connectivity index is 4.30. The summed E-state index contributed by atoms with van der Waals surface area (Å²) < 4.78 is 16.8. The van der Waals surface area contributed by atoms with Crippen molar-refractivity contribution in [2.24, 2.45) is 5.92 Å². The van der Waals surface area contributed by atoms with Crippen LogP contribution in [-0.4, -0.2) is 37.2 Å². The summed E-state index contributed by atoms with van der Waals surface area (Å²) in [5.74, 6) is -0.0162. The van der Waals surface area contributed by atoms with E-state index in [1.165, 1.54) is 173 Å². The van der Waals surface area contributed by atoms with Crippen molar-refractivity contribution in [1.29, 1.82) is 0 Å². The summed E-state index contributed by atoms with van der Waals surface area (Å²) in [6.07, 6.45) is 45.1. The minimum Gasteiger partial charge on any atom is -0.462 e. The molecule has 0 saturated heterocycles. The van der Waals surface area contributed by atoms with E-state index in [-0.39, 0.29) is 31.1 Å². The highest BCUT2D eigenvalue weighted by atomic mass is 16.6. The Morgan fingerprint density at radius 2 is 0.589 bits per heavy atom. The van der Waals surface area contributed by atoms with E-state index in [4.69, 9.17) is 14.2 Å². The third-order valence-corrected chi connectivity index (χ3v) is 11.3. The molecule has 1 atom stereocenters. The molecule has 0 spiro atoms. The van der Waals surface area contributed by atoms with Crippen molar-refractivity contribution in [3.05, 3.63) is 0 Å². The fraction of sp³-hybridized carbons (Fsp3) is 0.940. The summed E-state index contributed by atoms with van der Waals surface area (Å²) in [6, 6.07) is 0. The fourth-order valence-corrected chi connectivity index (χ4v) is 7.51. The number of hydrogen-bond acceptors (Lipinski definition) is 6. The lowest BCUT2D eigenvalue weighted by molar-refractivity contribution is -0.167. The van der Waals surface area contributed by atoms with Gasteiger partial charge in [-0.05, 0) is 25.2 Å². The Morgan fingerprint density at radius 1 is 0.339 bits per heavy atom. The number of rotatable bonds is 45. The molecule has 0 amide bonds. The van der Waals surface area contributed by atoms with Crippen LogP contribution in [0.25, 0.3) is 0 Å². The molecule has 6 nitrogen and oxygen atoms in total. The average Bonchev–Trinajstić information content (AvgIpc) is 3.18. The summed E-state index contributed by atoms with van der Waals surface area (Å²) >= 11 is 0. The second kappa shape index (κ2) is 44.5. The maximum atomic E-state index is 12.8. The molecule has 0 unspecified atom stereocenters. The molecule has 0 bridgehead atoms. The summed E-state index contributed by atoms with van der Waals surface area (Å²) in [5, 5.41) is 0. The lowest BCUT2D eigenvalue weighted by Crippen LogP contribution is -2.30. The lowest BCUT2D eigenvalue weighted by atomic mass is 10.0. The van der Waals surface area contributed by atoms with Gasteiger partial charge in [0.15, 0.2) is 6.10 Å². The van der Waals surface area contributed by atoms with Gasteiger partial charge >= 0.3 is 17.9 Å². The molecule has 0 aliphatic rings. The Bertz CT molecular complexity index is 841.